The van der Waals surface area contributed by atoms with Crippen LogP contribution in [-0.2, 0) is 9.59 Å². The Balaban J connectivity index is 2.14. The minimum atomic E-state index is -0.913. The van der Waals surface area contributed by atoms with Crippen LogP contribution in [0, 0.1) is 11.3 Å². The van der Waals surface area contributed by atoms with Crippen molar-refractivity contribution in [3.8, 4) is 0 Å². The van der Waals surface area contributed by atoms with E-state index in [0.29, 0.717) is 23.2 Å². The third-order valence-corrected chi connectivity index (χ3v) is 6.17. The van der Waals surface area contributed by atoms with E-state index >= 15 is 0 Å². The molecule has 0 radical (unpaired) electrons. The lowest BCUT2D eigenvalue weighted by molar-refractivity contribution is -0.142. The normalized spacial score (nSPS) is 15.2. The highest BCUT2D eigenvalue weighted by atomic mass is 35.5. The predicted molar refractivity (Wildman–Crippen MR) is 125 cm³/mol. The zero-order valence-corrected chi connectivity index (χ0v) is 20.2. The summed E-state index contributed by atoms with van der Waals surface area (Å²) < 4.78 is 0. The van der Waals surface area contributed by atoms with Crippen LogP contribution in [0.4, 0.5) is 10.5 Å². The van der Waals surface area contributed by atoms with Crippen LogP contribution in [0.2, 0.25) is 10.0 Å². The fraction of sp³-hybridized carbons (Fsp3) is 0.591. The van der Waals surface area contributed by atoms with Crippen molar-refractivity contribution in [3.63, 3.8) is 0 Å². The van der Waals surface area contributed by atoms with Gasteiger partial charge in [0.25, 0.3) is 5.91 Å². The van der Waals surface area contributed by atoms with E-state index in [1.165, 1.54) is 23.8 Å². The molecule has 0 aromatic heterocycles. The SMILES string of the molecule is CC(C)(C)[C@H](NC(=O)Nc1ccc(Cl)cc1Cl)C(=O)N(CCC1CCCC1)CC(=O)NO. The number of nitrogens with zero attached hydrogens (tertiary/aromatic N) is 1. The van der Waals surface area contributed by atoms with Crippen LogP contribution in [0.5, 0.6) is 0 Å². The molecule has 0 bridgehead atoms. The zero-order chi connectivity index (χ0) is 23.9. The number of amides is 4. The Labute approximate surface area is 199 Å². The summed E-state index contributed by atoms with van der Waals surface area (Å²) in [5, 5.41) is 15.0. The highest BCUT2D eigenvalue weighted by Crippen LogP contribution is 2.29. The molecule has 0 spiro atoms. The molecular weight excluding hydrogens is 455 g/mol. The van der Waals surface area contributed by atoms with Gasteiger partial charge in [-0.2, -0.15) is 0 Å². The minimum absolute atomic E-state index is 0.268. The fourth-order valence-corrected chi connectivity index (χ4v) is 4.28. The lowest BCUT2D eigenvalue weighted by atomic mass is 9.85. The molecule has 1 aliphatic rings. The summed E-state index contributed by atoms with van der Waals surface area (Å²) in [6, 6.07) is 3.14. The lowest BCUT2D eigenvalue weighted by Crippen LogP contribution is -2.57. The largest absolute Gasteiger partial charge is 0.331 e. The van der Waals surface area contributed by atoms with Gasteiger partial charge in [-0.3, -0.25) is 14.8 Å². The van der Waals surface area contributed by atoms with Crippen LogP contribution in [0.25, 0.3) is 0 Å². The molecule has 10 heteroatoms. The number of rotatable bonds is 8. The van der Waals surface area contributed by atoms with E-state index in [4.69, 9.17) is 28.4 Å². The molecule has 4 amide bonds. The number of hydrogen-bond acceptors (Lipinski definition) is 4. The van der Waals surface area contributed by atoms with Crippen LogP contribution < -0.4 is 16.1 Å². The van der Waals surface area contributed by atoms with Gasteiger partial charge in [0, 0.05) is 11.6 Å². The second kappa shape index (κ2) is 11.7. The Kier molecular flexibility index (Phi) is 9.61. The summed E-state index contributed by atoms with van der Waals surface area (Å²) >= 11 is 12.0. The summed E-state index contributed by atoms with van der Waals surface area (Å²) in [5.41, 5.74) is 1.30. The molecular formula is C22H32Cl2N4O4. The standard InChI is InChI=1S/C22H32Cl2N4O4/c1-22(2,3)19(26-21(31)25-17-9-8-15(23)12-16(17)24)20(30)28(13-18(29)27-32)11-10-14-6-4-5-7-14/h8-9,12,14,19,32H,4-7,10-11,13H2,1-3H3,(H,27,29)(H2,25,26,31)/t19-/m1/s1. The molecule has 32 heavy (non-hydrogen) atoms. The van der Waals surface area contributed by atoms with Crippen molar-refractivity contribution in [1.82, 2.24) is 15.7 Å². The Bertz CT molecular complexity index is 823. The molecule has 0 saturated heterocycles. The summed E-state index contributed by atoms with van der Waals surface area (Å²) in [7, 11) is 0. The number of urea groups is 1. The molecule has 1 aliphatic carbocycles. The highest BCUT2D eigenvalue weighted by Gasteiger charge is 2.36. The Morgan fingerprint density at radius 1 is 1.19 bits per heavy atom. The summed E-state index contributed by atoms with van der Waals surface area (Å²) in [4.78, 5) is 39.3. The average molecular weight is 487 g/mol. The Morgan fingerprint density at radius 2 is 1.84 bits per heavy atom. The number of hydroxylamine groups is 1. The van der Waals surface area contributed by atoms with Crippen LogP contribution in [0.1, 0.15) is 52.9 Å². The first-order valence-electron chi connectivity index (χ1n) is 10.8. The van der Waals surface area contributed by atoms with Crippen molar-refractivity contribution < 1.29 is 19.6 Å². The van der Waals surface area contributed by atoms with Crippen molar-refractivity contribution in [3.05, 3.63) is 28.2 Å². The van der Waals surface area contributed by atoms with E-state index in [2.05, 4.69) is 10.6 Å². The van der Waals surface area contributed by atoms with Gasteiger partial charge in [-0.25, -0.2) is 10.3 Å². The summed E-state index contributed by atoms with van der Waals surface area (Å²) in [6.07, 6.45) is 5.34. The van der Waals surface area contributed by atoms with Gasteiger partial charge < -0.3 is 15.5 Å². The van der Waals surface area contributed by atoms with Gasteiger partial charge in [0.15, 0.2) is 0 Å². The molecule has 0 heterocycles. The third kappa shape index (κ3) is 7.83. The van der Waals surface area contributed by atoms with Crippen LogP contribution in [-0.4, -0.2) is 47.1 Å². The molecule has 1 atom stereocenters. The quantitative estimate of drug-likeness (QED) is 0.321. The predicted octanol–water partition coefficient (Wildman–Crippen LogP) is 4.44. The van der Waals surface area contributed by atoms with Crippen molar-refractivity contribution >= 4 is 46.7 Å². The number of benzene rings is 1. The fourth-order valence-electron chi connectivity index (χ4n) is 3.82. The summed E-state index contributed by atoms with van der Waals surface area (Å²) in [6.45, 7) is 5.56. The van der Waals surface area contributed by atoms with Gasteiger partial charge >= 0.3 is 6.03 Å². The van der Waals surface area contributed by atoms with Crippen LogP contribution >= 0.6 is 23.2 Å². The second-order valence-electron chi connectivity index (χ2n) is 9.26. The lowest BCUT2D eigenvalue weighted by Gasteiger charge is -2.35. The first kappa shape index (κ1) is 26.2. The van der Waals surface area contributed by atoms with Gasteiger partial charge in [0.1, 0.15) is 12.6 Å². The molecule has 4 N–H and O–H groups in total. The van der Waals surface area contributed by atoms with Crippen molar-refractivity contribution in [2.45, 2.75) is 58.9 Å². The van der Waals surface area contributed by atoms with E-state index in [1.807, 2.05) is 20.8 Å². The molecule has 1 aromatic rings. The molecule has 178 valence electrons. The Hall–Kier alpha value is -2.03. The van der Waals surface area contributed by atoms with E-state index in [9.17, 15) is 14.4 Å². The summed E-state index contributed by atoms with van der Waals surface area (Å²) in [5.74, 6) is -0.565. The third-order valence-electron chi connectivity index (χ3n) is 5.62. The van der Waals surface area contributed by atoms with Gasteiger partial charge in [0.05, 0.1) is 10.7 Å². The molecule has 2 rings (SSSR count). The van der Waals surface area contributed by atoms with Crippen molar-refractivity contribution in [2.24, 2.45) is 11.3 Å². The van der Waals surface area contributed by atoms with Gasteiger partial charge in [-0.1, -0.05) is 69.7 Å². The van der Waals surface area contributed by atoms with E-state index < -0.39 is 29.3 Å². The smallest absolute Gasteiger partial charge is 0.319 e. The number of anilines is 1. The first-order chi connectivity index (χ1) is 15.0. The molecule has 0 unspecified atom stereocenters. The number of hydrogen-bond donors (Lipinski definition) is 4. The van der Waals surface area contributed by atoms with Gasteiger partial charge in [-0.05, 0) is 36.0 Å². The molecule has 0 aliphatic heterocycles. The topological polar surface area (TPSA) is 111 Å². The van der Waals surface area contributed by atoms with Gasteiger partial charge in [0.2, 0.25) is 5.91 Å². The maximum atomic E-state index is 13.4. The highest BCUT2D eigenvalue weighted by molar-refractivity contribution is 6.36. The van der Waals surface area contributed by atoms with Crippen molar-refractivity contribution in [2.75, 3.05) is 18.4 Å². The van der Waals surface area contributed by atoms with E-state index in [-0.39, 0.29) is 11.6 Å². The number of carbonyl (C=O) groups is 3. The number of carbonyl (C=O) groups excluding carboxylic acids is 3. The average Bonchev–Trinajstić information content (AvgIpc) is 3.23. The maximum absolute atomic E-state index is 13.4. The molecule has 1 aromatic carbocycles. The van der Waals surface area contributed by atoms with Crippen LogP contribution in [0.3, 0.4) is 0 Å². The minimum Gasteiger partial charge on any atom is -0.331 e. The van der Waals surface area contributed by atoms with E-state index in [0.717, 1.165) is 19.3 Å². The van der Waals surface area contributed by atoms with Crippen LogP contribution in [0.15, 0.2) is 18.2 Å². The molecule has 8 nitrogen and oxygen atoms in total. The molecule has 1 fully saturated rings. The van der Waals surface area contributed by atoms with E-state index in [1.54, 1.807) is 17.6 Å². The monoisotopic (exact) mass is 486 g/mol. The Morgan fingerprint density at radius 3 is 2.41 bits per heavy atom. The van der Waals surface area contributed by atoms with Gasteiger partial charge in [-0.15, -0.1) is 0 Å². The van der Waals surface area contributed by atoms with Crippen molar-refractivity contribution in [1.29, 1.82) is 0 Å². The first-order valence-corrected chi connectivity index (χ1v) is 11.5. The second-order valence-corrected chi connectivity index (χ2v) is 10.1. The number of halogens is 2. The molecule has 1 saturated carbocycles. The number of nitrogens with one attached hydrogen (secondary N) is 3. The zero-order valence-electron chi connectivity index (χ0n) is 18.7. The maximum Gasteiger partial charge on any atom is 0.319 e.